The Morgan fingerprint density at radius 2 is 1.94 bits per heavy atom. The first kappa shape index (κ1) is 12.4. The molecule has 1 aromatic heterocycles. The number of aromatic nitrogens is 1. The largest absolute Gasteiger partial charge is 0.443 e. The quantitative estimate of drug-likeness (QED) is 0.920. The first-order valence-electron chi connectivity index (χ1n) is 5.30. The summed E-state index contributed by atoms with van der Waals surface area (Å²) in [5.74, 6) is 0.704. The summed E-state index contributed by atoms with van der Waals surface area (Å²) in [5, 5.41) is 4.37. The van der Waals surface area contributed by atoms with E-state index in [2.05, 4.69) is 10.3 Å². The molecule has 0 spiro atoms. The van der Waals surface area contributed by atoms with E-state index in [-0.39, 0.29) is 0 Å². The summed E-state index contributed by atoms with van der Waals surface area (Å²) >= 11 is 11.9. The van der Waals surface area contributed by atoms with Gasteiger partial charge in [-0.1, -0.05) is 30.1 Å². The van der Waals surface area contributed by atoms with E-state index in [1.807, 2.05) is 19.1 Å². The van der Waals surface area contributed by atoms with E-state index >= 15 is 0 Å². The van der Waals surface area contributed by atoms with Crippen molar-refractivity contribution in [2.24, 2.45) is 0 Å². The van der Waals surface area contributed by atoms with Crippen LogP contribution in [0.2, 0.25) is 10.0 Å². The van der Waals surface area contributed by atoms with Crippen molar-refractivity contribution in [3.63, 3.8) is 0 Å². The van der Waals surface area contributed by atoms with Gasteiger partial charge in [0.1, 0.15) is 5.69 Å². The Morgan fingerprint density at radius 1 is 1.24 bits per heavy atom. The molecule has 3 nitrogen and oxygen atoms in total. The summed E-state index contributed by atoms with van der Waals surface area (Å²) in [6.45, 7) is 3.57. The van der Waals surface area contributed by atoms with Crippen LogP contribution in [0.15, 0.2) is 29.0 Å². The Morgan fingerprint density at radius 3 is 2.59 bits per heavy atom. The summed E-state index contributed by atoms with van der Waals surface area (Å²) in [6.07, 6.45) is 1.43. The molecule has 0 radical (unpaired) electrons. The number of hydrogen-bond donors (Lipinski definition) is 1. The van der Waals surface area contributed by atoms with Gasteiger partial charge >= 0.3 is 0 Å². The fourth-order valence-electron chi connectivity index (χ4n) is 1.56. The van der Waals surface area contributed by atoms with Crippen LogP contribution in [0.25, 0.3) is 11.3 Å². The highest BCUT2D eigenvalue weighted by Crippen LogP contribution is 2.29. The van der Waals surface area contributed by atoms with Gasteiger partial charge in [0.25, 0.3) is 0 Å². The summed E-state index contributed by atoms with van der Waals surface area (Å²) in [6, 6.07) is 5.31. The second-order valence-corrected chi connectivity index (χ2v) is 4.44. The standard InChI is InChI=1S/C12H12Cl2N2O/c1-2-15-6-11-12(17-7-16-11)8-3-9(13)5-10(14)4-8/h3-5,7,15H,2,6H2,1H3. The van der Waals surface area contributed by atoms with E-state index in [4.69, 9.17) is 27.6 Å². The Labute approximate surface area is 110 Å². The van der Waals surface area contributed by atoms with Gasteiger partial charge in [-0.25, -0.2) is 4.98 Å². The summed E-state index contributed by atoms with van der Waals surface area (Å²) in [4.78, 5) is 4.17. The molecule has 0 saturated heterocycles. The second-order valence-electron chi connectivity index (χ2n) is 3.57. The van der Waals surface area contributed by atoms with Gasteiger partial charge in [-0.2, -0.15) is 0 Å². The molecule has 0 aliphatic heterocycles. The average molecular weight is 271 g/mol. The van der Waals surface area contributed by atoms with E-state index in [9.17, 15) is 0 Å². The van der Waals surface area contributed by atoms with Crippen LogP contribution in [-0.4, -0.2) is 11.5 Å². The van der Waals surface area contributed by atoms with Crippen LogP contribution in [0, 0.1) is 0 Å². The Hall–Kier alpha value is -1.03. The fraction of sp³-hybridized carbons (Fsp3) is 0.250. The molecule has 0 unspecified atom stereocenters. The van der Waals surface area contributed by atoms with E-state index in [0.717, 1.165) is 17.8 Å². The van der Waals surface area contributed by atoms with Gasteiger partial charge in [0.05, 0.1) is 0 Å². The van der Waals surface area contributed by atoms with Crippen molar-refractivity contribution in [1.29, 1.82) is 0 Å². The van der Waals surface area contributed by atoms with Crippen LogP contribution < -0.4 is 5.32 Å². The average Bonchev–Trinajstić information content (AvgIpc) is 2.73. The summed E-state index contributed by atoms with van der Waals surface area (Å²) in [7, 11) is 0. The molecule has 0 fully saturated rings. The van der Waals surface area contributed by atoms with Crippen LogP contribution in [0.4, 0.5) is 0 Å². The van der Waals surface area contributed by atoms with Crippen molar-refractivity contribution in [2.75, 3.05) is 6.54 Å². The smallest absolute Gasteiger partial charge is 0.181 e. The van der Waals surface area contributed by atoms with Crippen molar-refractivity contribution in [3.8, 4) is 11.3 Å². The SMILES string of the molecule is CCNCc1ncoc1-c1cc(Cl)cc(Cl)c1. The molecule has 17 heavy (non-hydrogen) atoms. The maximum absolute atomic E-state index is 5.96. The first-order valence-corrected chi connectivity index (χ1v) is 6.06. The van der Waals surface area contributed by atoms with Crippen LogP contribution in [0.1, 0.15) is 12.6 Å². The predicted octanol–water partition coefficient (Wildman–Crippen LogP) is 3.76. The van der Waals surface area contributed by atoms with E-state index < -0.39 is 0 Å². The Kier molecular flexibility index (Phi) is 4.05. The highest BCUT2D eigenvalue weighted by Gasteiger charge is 2.11. The van der Waals surface area contributed by atoms with Gasteiger partial charge in [-0.15, -0.1) is 0 Å². The molecule has 5 heteroatoms. The lowest BCUT2D eigenvalue weighted by Crippen LogP contribution is -2.12. The minimum absolute atomic E-state index is 0.582. The highest BCUT2D eigenvalue weighted by atomic mass is 35.5. The number of halogens is 2. The lowest BCUT2D eigenvalue weighted by molar-refractivity contribution is 0.570. The van der Waals surface area contributed by atoms with Crippen LogP contribution in [-0.2, 0) is 6.54 Å². The van der Waals surface area contributed by atoms with Crippen molar-refractivity contribution in [3.05, 3.63) is 40.3 Å². The normalized spacial score (nSPS) is 10.8. The summed E-state index contributed by atoms with van der Waals surface area (Å²) < 4.78 is 5.39. The van der Waals surface area contributed by atoms with Crippen molar-refractivity contribution in [1.82, 2.24) is 10.3 Å². The predicted molar refractivity (Wildman–Crippen MR) is 69.3 cm³/mol. The number of benzene rings is 1. The molecule has 0 aliphatic rings. The zero-order valence-corrected chi connectivity index (χ0v) is 10.8. The molecular weight excluding hydrogens is 259 g/mol. The maximum atomic E-state index is 5.96. The molecule has 0 bridgehead atoms. The topological polar surface area (TPSA) is 38.1 Å². The lowest BCUT2D eigenvalue weighted by Gasteiger charge is -2.03. The molecule has 1 N–H and O–H groups in total. The van der Waals surface area contributed by atoms with Gasteiger partial charge in [0.2, 0.25) is 0 Å². The zero-order chi connectivity index (χ0) is 12.3. The highest BCUT2D eigenvalue weighted by molar-refractivity contribution is 6.35. The van der Waals surface area contributed by atoms with Crippen LogP contribution in [0.5, 0.6) is 0 Å². The minimum atomic E-state index is 0.582. The Balaban J connectivity index is 2.35. The van der Waals surface area contributed by atoms with Crippen molar-refractivity contribution in [2.45, 2.75) is 13.5 Å². The van der Waals surface area contributed by atoms with Crippen molar-refractivity contribution >= 4 is 23.2 Å². The number of oxazole rings is 1. The second kappa shape index (κ2) is 5.54. The van der Waals surface area contributed by atoms with Gasteiger partial charge in [-0.05, 0) is 24.7 Å². The number of rotatable bonds is 4. The number of nitrogens with one attached hydrogen (secondary N) is 1. The number of hydrogen-bond acceptors (Lipinski definition) is 3. The third kappa shape index (κ3) is 3.00. The van der Waals surface area contributed by atoms with Gasteiger partial charge in [0.15, 0.2) is 12.2 Å². The summed E-state index contributed by atoms with van der Waals surface area (Å²) in [5.41, 5.74) is 1.69. The molecule has 0 saturated carbocycles. The molecule has 0 amide bonds. The fourth-order valence-corrected chi connectivity index (χ4v) is 2.08. The van der Waals surface area contributed by atoms with Gasteiger partial charge < -0.3 is 9.73 Å². The molecule has 2 aromatic rings. The molecule has 90 valence electrons. The molecule has 0 atom stereocenters. The molecule has 1 aromatic carbocycles. The molecule has 2 rings (SSSR count). The zero-order valence-electron chi connectivity index (χ0n) is 9.34. The van der Waals surface area contributed by atoms with Crippen molar-refractivity contribution < 1.29 is 4.42 Å². The maximum Gasteiger partial charge on any atom is 0.181 e. The number of nitrogens with zero attached hydrogens (tertiary/aromatic N) is 1. The van der Waals surface area contributed by atoms with Crippen LogP contribution >= 0.6 is 23.2 Å². The Bertz CT molecular complexity index is 491. The first-order chi connectivity index (χ1) is 8.20. The minimum Gasteiger partial charge on any atom is -0.443 e. The molecular formula is C12H12Cl2N2O. The van der Waals surface area contributed by atoms with Gasteiger partial charge in [-0.3, -0.25) is 0 Å². The van der Waals surface area contributed by atoms with Crippen LogP contribution in [0.3, 0.4) is 0 Å². The van der Waals surface area contributed by atoms with Gasteiger partial charge in [0, 0.05) is 22.2 Å². The molecule has 0 aliphatic carbocycles. The van der Waals surface area contributed by atoms with E-state index in [0.29, 0.717) is 22.4 Å². The van der Waals surface area contributed by atoms with E-state index in [1.54, 1.807) is 6.07 Å². The molecule has 1 heterocycles. The third-order valence-electron chi connectivity index (χ3n) is 2.31. The lowest BCUT2D eigenvalue weighted by atomic mass is 10.1. The van der Waals surface area contributed by atoms with E-state index in [1.165, 1.54) is 6.39 Å². The third-order valence-corrected chi connectivity index (χ3v) is 2.74. The monoisotopic (exact) mass is 270 g/mol.